The highest BCUT2D eigenvalue weighted by Crippen LogP contribution is 2.29. The number of benzene rings is 2. The van der Waals surface area contributed by atoms with Crippen LogP contribution >= 0.6 is 0 Å². The van der Waals surface area contributed by atoms with Crippen LogP contribution in [-0.2, 0) is 0 Å². The molecule has 0 saturated heterocycles. The van der Waals surface area contributed by atoms with Gasteiger partial charge >= 0.3 is 0 Å². The first kappa shape index (κ1) is 16.9. The molecule has 0 aliphatic carbocycles. The minimum atomic E-state index is -0.950. The van der Waals surface area contributed by atoms with Crippen LogP contribution in [0.25, 0.3) is 0 Å². The minimum absolute atomic E-state index is 0.0202. The van der Waals surface area contributed by atoms with Crippen LogP contribution in [0.5, 0.6) is 0 Å². The normalized spacial score (nSPS) is 11.3. The molecule has 0 saturated carbocycles. The van der Waals surface area contributed by atoms with Crippen LogP contribution in [0.4, 0.5) is 5.69 Å². The number of nitrogens with zero attached hydrogens (tertiary/aromatic N) is 3. The molecule has 2 aromatic rings. The molecule has 0 spiro atoms. The maximum Gasteiger partial charge on any atom is 0.269 e. The van der Waals surface area contributed by atoms with Crippen molar-refractivity contribution >= 4 is 11.5 Å². The van der Waals surface area contributed by atoms with Gasteiger partial charge < -0.3 is 0 Å². The van der Waals surface area contributed by atoms with E-state index in [0.29, 0.717) is 5.56 Å². The zero-order valence-corrected chi connectivity index (χ0v) is 12.6. The second-order valence-electron chi connectivity index (χ2n) is 5.18. The van der Waals surface area contributed by atoms with Crippen LogP contribution < -0.4 is 0 Å². The molecule has 0 aromatic heterocycles. The SMILES string of the molecule is N#CC(C#N)C(CC(=O)c1ccc([N+](=O)[O-])cc1)c1ccccc1. The van der Waals surface area contributed by atoms with Crippen molar-refractivity contribution in [3.63, 3.8) is 0 Å². The summed E-state index contributed by atoms with van der Waals surface area (Å²) in [6.45, 7) is 0. The lowest BCUT2D eigenvalue weighted by atomic mass is 9.83. The zero-order valence-electron chi connectivity index (χ0n) is 12.6. The number of nitro benzene ring substituents is 1. The molecule has 0 amide bonds. The van der Waals surface area contributed by atoms with Gasteiger partial charge in [-0.25, -0.2) is 0 Å². The van der Waals surface area contributed by atoms with Gasteiger partial charge in [-0.2, -0.15) is 10.5 Å². The van der Waals surface area contributed by atoms with Gasteiger partial charge in [0.15, 0.2) is 5.78 Å². The number of nitriles is 2. The Balaban J connectivity index is 2.26. The Morgan fingerprint density at radius 3 is 2.12 bits per heavy atom. The van der Waals surface area contributed by atoms with Gasteiger partial charge in [-0.1, -0.05) is 30.3 Å². The highest BCUT2D eigenvalue weighted by molar-refractivity contribution is 5.96. The average molecular weight is 319 g/mol. The smallest absolute Gasteiger partial charge is 0.269 e. The number of hydrogen-bond acceptors (Lipinski definition) is 5. The van der Waals surface area contributed by atoms with Crippen molar-refractivity contribution in [2.45, 2.75) is 12.3 Å². The summed E-state index contributed by atoms with van der Waals surface area (Å²) >= 11 is 0. The van der Waals surface area contributed by atoms with E-state index >= 15 is 0 Å². The molecule has 6 heteroatoms. The molecular weight excluding hydrogens is 306 g/mol. The molecule has 1 unspecified atom stereocenters. The van der Waals surface area contributed by atoms with Crippen molar-refractivity contribution < 1.29 is 9.72 Å². The molecule has 118 valence electrons. The van der Waals surface area contributed by atoms with Gasteiger partial charge in [0.05, 0.1) is 17.1 Å². The summed E-state index contributed by atoms with van der Waals surface area (Å²) in [4.78, 5) is 22.6. The first-order valence-corrected chi connectivity index (χ1v) is 7.18. The van der Waals surface area contributed by atoms with Crippen molar-refractivity contribution in [2.24, 2.45) is 5.92 Å². The van der Waals surface area contributed by atoms with Crippen molar-refractivity contribution in [3.05, 3.63) is 75.8 Å². The Labute approximate surface area is 138 Å². The number of nitro groups is 1. The summed E-state index contributed by atoms with van der Waals surface area (Å²) in [5.74, 6) is -1.77. The first-order valence-electron chi connectivity index (χ1n) is 7.18. The summed E-state index contributed by atoms with van der Waals surface area (Å²) < 4.78 is 0. The van der Waals surface area contributed by atoms with Crippen LogP contribution in [0.2, 0.25) is 0 Å². The quantitative estimate of drug-likeness (QED) is 0.459. The standard InChI is InChI=1S/C18H13N3O3/c19-11-15(12-20)17(13-4-2-1-3-5-13)10-18(22)14-6-8-16(9-7-14)21(23)24/h1-9,15,17H,10H2. The number of rotatable bonds is 6. The van der Waals surface area contributed by atoms with Gasteiger partial charge in [0.1, 0.15) is 5.92 Å². The predicted molar refractivity (Wildman–Crippen MR) is 85.9 cm³/mol. The molecule has 0 fully saturated rings. The largest absolute Gasteiger partial charge is 0.294 e. The average Bonchev–Trinajstić information content (AvgIpc) is 2.62. The Hall–Kier alpha value is -3.51. The Bertz CT molecular complexity index is 803. The van der Waals surface area contributed by atoms with E-state index in [4.69, 9.17) is 0 Å². The van der Waals surface area contributed by atoms with E-state index in [-0.39, 0.29) is 17.9 Å². The van der Waals surface area contributed by atoms with Gasteiger partial charge in [0.2, 0.25) is 0 Å². The molecule has 0 radical (unpaired) electrons. The summed E-state index contributed by atoms with van der Waals surface area (Å²) in [6.07, 6.45) is -0.0202. The molecule has 0 N–H and O–H groups in total. The highest BCUT2D eigenvalue weighted by atomic mass is 16.6. The van der Waals surface area contributed by atoms with Crippen molar-refractivity contribution in [1.29, 1.82) is 10.5 Å². The van der Waals surface area contributed by atoms with Gasteiger partial charge in [-0.05, 0) is 17.7 Å². The topological polar surface area (TPSA) is 108 Å². The lowest BCUT2D eigenvalue weighted by Gasteiger charge is -2.17. The summed E-state index contributed by atoms with van der Waals surface area (Å²) in [5.41, 5.74) is 0.954. The number of ketones is 1. The van der Waals surface area contributed by atoms with E-state index in [0.717, 1.165) is 5.56 Å². The minimum Gasteiger partial charge on any atom is -0.294 e. The highest BCUT2D eigenvalue weighted by Gasteiger charge is 2.26. The third-order valence-electron chi connectivity index (χ3n) is 3.71. The molecule has 24 heavy (non-hydrogen) atoms. The molecule has 0 aliphatic heterocycles. The summed E-state index contributed by atoms with van der Waals surface area (Å²) in [7, 11) is 0. The van der Waals surface area contributed by atoms with E-state index < -0.39 is 16.8 Å². The van der Waals surface area contributed by atoms with E-state index in [1.54, 1.807) is 24.3 Å². The number of Topliss-reactive ketones (excluding diaryl/α,β-unsaturated/α-hetero) is 1. The molecule has 2 rings (SSSR count). The zero-order chi connectivity index (χ0) is 17.5. The Morgan fingerprint density at radius 2 is 1.62 bits per heavy atom. The molecule has 2 aromatic carbocycles. The second kappa shape index (κ2) is 7.66. The van der Waals surface area contributed by atoms with Gasteiger partial charge in [0.25, 0.3) is 5.69 Å². The Morgan fingerprint density at radius 1 is 1.04 bits per heavy atom. The molecule has 0 bridgehead atoms. The molecule has 0 heterocycles. The van der Waals surface area contributed by atoms with E-state index in [9.17, 15) is 25.4 Å². The maximum atomic E-state index is 12.5. The number of carbonyl (C=O) groups excluding carboxylic acids is 1. The van der Waals surface area contributed by atoms with E-state index in [1.807, 2.05) is 18.2 Å². The van der Waals surface area contributed by atoms with Gasteiger partial charge in [-0.15, -0.1) is 0 Å². The predicted octanol–water partition coefficient (Wildman–Crippen LogP) is 3.61. The Kier molecular flexibility index (Phi) is 5.38. The summed E-state index contributed by atoms with van der Waals surface area (Å²) in [5, 5.41) is 29.0. The van der Waals surface area contributed by atoms with Gasteiger partial charge in [0, 0.05) is 30.0 Å². The van der Waals surface area contributed by atoms with Crippen LogP contribution in [0.1, 0.15) is 28.3 Å². The van der Waals surface area contributed by atoms with Crippen molar-refractivity contribution in [1.82, 2.24) is 0 Å². The summed E-state index contributed by atoms with van der Waals surface area (Å²) in [6, 6.07) is 18.1. The lowest BCUT2D eigenvalue weighted by molar-refractivity contribution is -0.384. The number of carbonyl (C=O) groups is 1. The lowest BCUT2D eigenvalue weighted by Crippen LogP contribution is -2.15. The van der Waals surface area contributed by atoms with Gasteiger partial charge in [-0.3, -0.25) is 14.9 Å². The second-order valence-corrected chi connectivity index (χ2v) is 5.18. The fraction of sp³-hybridized carbons (Fsp3) is 0.167. The van der Waals surface area contributed by atoms with Crippen LogP contribution in [0, 0.1) is 38.7 Å². The molecular formula is C18H13N3O3. The number of hydrogen-bond donors (Lipinski definition) is 0. The van der Waals surface area contributed by atoms with E-state index in [2.05, 4.69) is 0 Å². The fourth-order valence-corrected chi connectivity index (χ4v) is 2.42. The fourth-order valence-electron chi connectivity index (χ4n) is 2.42. The first-order chi connectivity index (χ1) is 11.6. The molecule has 1 atom stereocenters. The third kappa shape index (κ3) is 3.82. The van der Waals surface area contributed by atoms with Crippen molar-refractivity contribution in [2.75, 3.05) is 0 Å². The molecule has 0 aliphatic rings. The monoisotopic (exact) mass is 319 g/mol. The van der Waals surface area contributed by atoms with Crippen LogP contribution in [0.3, 0.4) is 0 Å². The molecule has 6 nitrogen and oxygen atoms in total. The van der Waals surface area contributed by atoms with E-state index in [1.165, 1.54) is 24.3 Å². The third-order valence-corrected chi connectivity index (χ3v) is 3.71. The van der Waals surface area contributed by atoms with Crippen molar-refractivity contribution in [3.8, 4) is 12.1 Å². The number of non-ortho nitro benzene ring substituents is 1. The van der Waals surface area contributed by atoms with Crippen LogP contribution in [-0.4, -0.2) is 10.7 Å². The maximum absolute atomic E-state index is 12.5. The van der Waals surface area contributed by atoms with Crippen LogP contribution in [0.15, 0.2) is 54.6 Å².